The van der Waals surface area contributed by atoms with E-state index in [4.69, 9.17) is 14.2 Å². The highest BCUT2D eigenvalue weighted by Gasteiger charge is 2.17. The third-order valence-electron chi connectivity index (χ3n) is 2.92. The Morgan fingerprint density at radius 1 is 1.15 bits per heavy atom. The van der Waals surface area contributed by atoms with E-state index in [1.165, 1.54) is 6.07 Å². The van der Waals surface area contributed by atoms with Crippen molar-refractivity contribution in [1.82, 2.24) is 0 Å². The number of halogens is 1. The van der Waals surface area contributed by atoms with Crippen molar-refractivity contribution >= 4 is 5.97 Å². The highest BCUT2D eigenvalue weighted by atomic mass is 19.1. The largest absolute Gasteiger partial charge is 0.457 e. The van der Waals surface area contributed by atoms with Gasteiger partial charge >= 0.3 is 5.97 Å². The number of carbonyl (C=O) groups excluding carboxylic acids is 1. The fourth-order valence-corrected chi connectivity index (χ4v) is 1.87. The summed E-state index contributed by atoms with van der Waals surface area (Å²) >= 11 is 0. The van der Waals surface area contributed by atoms with Gasteiger partial charge in [0.25, 0.3) is 0 Å². The van der Waals surface area contributed by atoms with Crippen LogP contribution in [0.15, 0.2) is 42.5 Å². The van der Waals surface area contributed by atoms with Crippen molar-refractivity contribution < 1.29 is 23.4 Å². The number of carbonyl (C=O) groups is 1. The van der Waals surface area contributed by atoms with Crippen molar-refractivity contribution in [3.8, 4) is 11.5 Å². The lowest BCUT2D eigenvalue weighted by Crippen LogP contribution is -2.06. The average molecular weight is 274 g/mol. The lowest BCUT2D eigenvalue weighted by Gasteiger charge is -2.06. The maximum Gasteiger partial charge on any atom is 0.338 e. The van der Waals surface area contributed by atoms with E-state index in [1.54, 1.807) is 36.4 Å². The van der Waals surface area contributed by atoms with Crippen LogP contribution in [0.3, 0.4) is 0 Å². The third-order valence-corrected chi connectivity index (χ3v) is 2.92. The number of benzene rings is 2. The lowest BCUT2D eigenvalue weighted by atomic mass is 10.2. The molecule has 5 heteroatoms. The van der Waals surface area contributed by atoms with Crippen molar-refractivity contribution in [2.24, 2.45) is 0 Å². The second kappa shape index (κ2) is 5.21. The summed E-state index contributed by atoms with van der Waals surface area (Å²) in [4.78, 5) is 11.9. The van der Waals surface area contributed by atoms with Gasteiger partial charge in [0, 0.05) is 5.56 Å². The van der Waals surface area contributed by atoms with E-state index in [0.29, 0.717) is 22.6 Å². The molecule has 2 aromatic rings. The summed E-state index contributed by atoms with van der Waals surface area (Å²) in [5.41, 5.74) is 0.673. The van der Waals surface area contributed by atoms with Gasteiger partial charge in [-0.15, -0.1) is 0 Å². The van der Waals surface area contributed by atoms with Crippen LogP contribution in [-0.2, 0) is 11.3 Å². The molecule has 102 valence electrons. The van der Waals surface area contributed by atoms with Gasteiger partial charge in [0.15, 0.2) is 11.5 Å². The van der Waals surface area contributed by atoms with Gasteiger partial charge in [0.05, 0.1) is 5.56 Å². The molecule has 1 aliphatic heterocycles. The average Bonchev–Trinajstić information content (AvgIpc) is 2.93. The molecule has 0 amide bonds. The molecule has 0 fully saturated rings. The van der Waals surface area contributed by atoms with E-state index in [1.807, 2.05) is 0 Å². The molecule has 2 aromatic carbocycles. The van der Waals surface area contributed by atoms with Gasteiger partial charge < -0.3 is 14.2 Å². The lowest BCUT2D eigenvalue weighted by molar-refractivity contribution is 0.0468. The molecule has 3 rings (SSSR count). The second-order valence-electron chi connectivity index (χ2n) is 4.24. The predicted octanol–water partition coefficient (Wildman–Crippen LogP) is 2.91. The van der Waals surface area contributed by atoms with Crippen molar-refractivity contribution in [2.45, 2.75) is 6.61 Å². The van der Waals surface area contributed by atoms with E-state index in [-0.39, 0.29) is 13.4 Å². The van der Waals surface area contributed by atoms with E-state index in [9.17, 15) is 9.18 Å². The molecule has 0 N–H and O–H groups in total. The summed E-state index contributed by atoms with van der Waals surface area (Å²) in [7, 11) is 0. The minimum absolute atomic E-state index is 0.111. The molecule has 0 aromatic heterocycles. The first kappa shape index (κ1) is 12.5. The fourth-order valence-electron chi connectivity index (χ4n) is 1.87. The molecule has 0 atom stereocenters. The van der Waals surface area contributed by atoms with E-state index < -0.39 is 11.8 Å². The van der Waals surface area contributed by atoms with Crippen LogP contribution in [0.5, 0.6) is 11.5 Å². The zero-order valence-electron chi connectivity index (χ0n) is 10.5. The first-order valence-corrected chi connectivity index (χ1v) is 6.04. The maximum absolute atomic E-state index is 13.4. The molecule has 0 spiro atoms. The quantitative estimate of drug-likeness (QED) is 0.807. The van der Waals surface area contributed by atoms with Crippen LogP contribution < -0.4 is 9.47 Å². The molecule has 4 nitrogen and oxygen atoms in total. The summed E-state index contributed by atoms with van der Waals surface area (Å²) in [6.45, 7) is 0.0308. The van der Waals surface area contributed by atoms with Crippen LogP contribution >= 0.6 is 0 Å². The number of hydrogen-bond donors (Lipinski definition) is 0. The first-order chi connectivity index (χ1) is 9.74. The summed E-state index contributed by atoms with van der Waals surface area (Å²) in [6.07, 6.45) is 0. The molecule has 0 saturated heterocycles. The summed E-state index contributed by atoms with van der Waals surface area (Å²) in [6, 6.07) is 10.9. The molecule has 1 aliphatic rings. The molecule has 0 saturated carbocycles. The van der Waals surface area contributed by atoms with Crippen LogP contribution in [0.4, 0.5) is 4.39 Å². The maximum atomic E-state index is 13.4. The first-order valence-electron chi connectivity index (χ1n) is 6.04. The molecule has 0 radical (unpaired) electrons. The number of esters is 1. The third kappa shape index (κ3) is 2.42. The summed E-state index contributed by atoms with van der Waals surface area (Å²) < 4.78 is 28.8. The van der Waals surface area contributed by atoms with Crippen LogP contribution in [0, 0.1) is 5.82 Å². The Hall–Kier alpha value is -2.56. The molecular weight excluding hydrogens is 263 g/mol. The Balaban J connectivity index is 1.69. The zero-order valence-corrected chi connectivity index (χ0v) is 10.5. The smallest absolute Gasteiger partial charge is 0.338 e. The Morgan fingerprint density at radius 3 is 2.80 bits per heavy atom. The number of fused-ring (bicyclic) bond motifs is 1. The molecule has 1 heterocycles. The zero-order chi connectivity index (χ0) is 13.9. The highest BCUT2D eigenvalue weighted by Crippen LogP contribution is 2.32. The monoisotopic (exact) mass is 274 g/mol. The Morgan fingerprint density at radius 2 is 1.95 bits per heavy atom. The Bertz CT molecular complexity index is 654. The topological polar surface area (TPSA) is 44.8 Å². The van der Waals surface area contributed by atoms with Crippen LogP contribution in [-0.4, -0.2) is 12.8 Å². The van der Waals surface area contributed by atoms with Crippen LogP contribution in [0.1, 0.15) is 15.9 Å². The normalized spacial score (nSPS) is 12.2. The number of hydrogen-bond acceptors (Lipinski definition) is 4. The minimum atomic E-state index is -0.536. The predicted molar refractivity (Wildman–Crippen MR) is 68.1 cm³/mol. The minimum Gasteiger partial charge on any atom is -0.457 e. The van der Waals surface area contributed by atoms with E-state index in [2.05, 4.69) is 0 Å². The molecule has 0 bridgehead atoms. The van der Waals surface area contributed by atoms with Gasteiger partial charge in [0.1, 0.15) is 12.4 Å². The second-order valence-corrected chi connectivity index (χ2v) is 4.24. The van der Waals surface area contributed by atoms with Gasteiger partial charge in [-0.1, -0.05) is 18.2 Å². The van der Waals surface area contributed by atoms with Crippen molar-refractivity contribution in [3.63, 3.8) is 0 Å². The molecule has 20 heavy (non-hydrogen) atoms. The van der Waals surface area contributed by atoms with Crippen LogP contribution in [0.2, 0.25) is 0 Å². The van der Waals surface area contributed by atoms with Crippen molar-refractivity contribution in [3.05, 3.63) is 59.4 Å². The molecule has 0 unspecified atom stereocenters. The number of ether oxygens (including phenoxy) is 3. The van der Waals surface area contributed by atoms with Gasteiger partial charge in [-0.2, -0.15) is 0 Å². The van der Waals surface area contributed by atoms with Gasteiger partial charge in [-0.25, -0.2) is 9.18 Å². The van der Waals surface area contributed by atoms with E-state index in [0.717, 1.165) is 0 Å². The summed E-state index contributed by atoms with van der Waals surface area (Å²) in [5.74, 6) is 0.165. The van der Waals surface area contributed by atoms with Gasteiger partial charge in [-0.05, 0) is 24.3 Å². The fraction of sp³-hybridized carbons (Fsp3) is 0.133. The van der Waals surface area contributed by atoms with Crippen LogP contribution in [0.25, 0.3) is 0 Å². The molecule has 0 aliphatic carbocycles. The standard InChI is InChI=1S/C15H11FO4/c16-12-4-2-1-3-11(12)8-18-15(17)10-5-6-13-14(7-10)20-9-19-13/h1-7H,8-9H2. The van der Waals surface area contributed by atoms with E-state index >= 15 is 0 Å². The van der Waals surface area contributed by atoms with Gasteiger partial charge in [-0.3, -0.25) is 0 Å². The number of rotatable bonds is 3. The SMILES string of the molecule is O=C(OCc1ccccc1F)c1ccc2c(c1)OCO2. The van der Waals surface area contributed by atoms with Crippen molar-refractivity contribution in [1.29, 1.82) is 0 Å². The highest BCUT2D eigenvalue weighted by molar-refractivity contribution is 5.90. The summed E-state index contributed by atoms with van der Waals surface area (Å²) in [5, 5.41) is 0. The van der Waals surface area contributed by atoms with Crippen molar-refractivity contribution in [2.75, 3.05) is 6.79 Å². The Labute approximate surface area is 114 Å². The van der Waals surface area contributed by atoms with Gasteiger partial charge in [0.2, 0.25) is 6.79 Å². The Kier molecular flexibility index (Phi) is 3.25. The molecular formula is C15H11FO4.